The predicted molar refractivity (Wildman–Crippen MR) is 114 cm³/mol. The standard InChI is InChI=1S/C25H29NO2/c1-20(21-11-5-2-6-12-21)26-17-24(27)18-28-19-25(22-13-7-3-8-14-22)23-15-9-4-10-16-23/h2-16,20,24-27H,17-19H2,1H3/t20-,24-/m1/s1. The van der Waals surface area contributed by atoms with Crippen LogP contribution in [-0.2, 0) is 4.74 Å². The van der Waals surface area contributed by atoms with Gasteiger partial charge in [-0.25, -0.2) is 0 Å². The lowest BCUT2D eigenvalue weighted by molar-refractivity contribution is 0.0330. The summed E-state index contributed by atoms with van der Waals surface area (Å²) in [5.74, 6) is 0.158. The van der Waals surface area contributed by atoms with E-state index in [1.54, 1.807) is 0 Å². The minimum Gasteiger partial charge on any atom is -0.389 e. The first-order valence-corrected chi connectivity index (χ1v) is 9.88. The smallest absolute Gasteiger partial charge is 0.0897 e. The third kappa shape index (κ3) is 6.03. The number of rotatable bonds is 10. The third-order valence-corrected chi connectivity index (χ3v) is 4.96. The molecule has 0 aliphatic carbocycles. The first-order valence-electron chi connectivity index (χ1n) is 9.88. The summed E-state index contributed by atoms with van der Waals surface area (Å²) < 4.78 is 5.91. The highest BCUT2D eigenvalue weighted by Crippen LogP contribution is 2.24. The maximum atomic E-state index is 10.3. The summed E-state index contributed by atoms with van der Waals surface area (Å²) in [5, 5.41) is 13.7. The van der Waals surface area contributed by atoms with E-state index < -0.39 is 6.10 Å². The van der Waals surface area contributed by atoms with Crippen LogP contribution in [0.2, 0.25) is 0 Å². The highest BCUT2D eigenvalue weighted by atomic mass is 16.5. The average Bonchev–Trinajstić information content (AvgIpc) is 2.77. The fraction of sp³-hybridized carbons (Fsp3) is 0.280. The summed E-state index contributed by atoms with van der Waals surface area (Å²) in [6.07, 6.45) is -0.543. The second-order valence-electron chi connectivity index (χ2n) is 7.11. The first-order chi connectivity index (χ1) is 13.7. The van der Waals surface area contributed by atoms with Gasteiger partial charge in [0, 0.05) is 18.5 Å². The van der Waals surface area contributed by atoms with Crippen molar-refractivity contribution in [3.8, 4) is 0 Å². The van der Waals surface area contributed by atoms with Crippen LogP contribution in [-0.4, -0.2) is 31.0 Å². The van der Waals surface area contributed by atoms with E-state index in [1.807, 2.05) is 30.3 Å². The number of benzene rings is 3. The lowest BCUT2D eigenvalue weighted by Gasteiger charge is -2.21. The number of aliphatic hydroxyl groups excluding tert-OH is 1. The largest absolute Gasteiger partial charge is 0.389 e. The number of ether oxygens (including phenoxy) is 1. The van der Waals surface area contributed by atoms with E-state index in [-0.39, 0.29) is 12.0 Å². The maximum Gasteiger partial charge on any atom is 0.0897 e. The SMILES string of the molecule is C[C@@H](NC[C@@H](O)COCC(c1ccccc1)c1ccccc1)c1ccccc1. The van der Waals surface area contributed by atoms with Gasteiger partial charge in [-0.2, -0.15) is 0 Å². The van der Waals surface area contributed by atoms with E-state index in [1.165, 1.54) is 16.7 Å². The number of hydrogen-bond acceptors (Lipinski definition) is 3. The van der Waals surface area contributed by atoms with E-state index >= 15 is 0 Å². The molecule has 3 heteroatoms. The van der Waals surface area contributed by atoms with Crippen LogP contribution >= 0.6 is 0 Å². The fourth-order valence-corrected chi connectivity index (χ4v) is 3.31. The van der Waals surface area contributed by atoms with Crippen LogP contribution in [0.5, 0.6) is 0 Å². The Labute approximate surface area is 168 Å². The number of nitrogens with one attached hydrogen (secondary N) is 1. The van der Waals surface area contributed by atoms with Gasteiger partial charge in [-0.15, -0.1) is 0 Å². The summed E-state index contributed by atoms with van der Waals surface area (Å²) in [6, 6.07) is 31.2. The summed E-state index contributed by atoms with van der Waals surface area (Å²) in [5.41, 5.74) is 3.65. The summed E-state index contributed by atoms with van der Waals surface area (Å²) in [4.78, 5) is 0. The molecule has 0 spiro atoms. The Morgan fingerprint density at radius 2 is 1.18 bits per heavy atom. The zero-order valence-corrected chi connectivity index (χ0v) is 16.4. The highest BCUT2D eigenvalue weighted by molar-refractivity contribution is 5.32. The quantitative estimate of drug-likeness (QED) is 0.546. The van der Waals surface area contributed by atoms with Crippen molar-refractivity contribution >= 4 is 0 Å². The van der Waals surface area contributed by atoms with Gasteiger partial charge >= 0.3 is 0 Å². The topological polar surface area (TPSA) is 41.5 Å². The zero-order chi connectivity index (χ0) is 19.6. The van der Waals surface area contributed by atoms with Crippen LogP contribution in [0, 0.1) is 0 Å². The maximum absolute atomic E-state index is 10.3. The lowest BCUT2D eigenvalue weighted by Crippen LogP contribution is -2.32. The molecule has 0 saturated carbocycles. The Hall–Kier alpha value is -2.46. The summed E-state index contributed by atoms with van der Waals surface area (Å²) >= 11 is 0. The Morgan fingerprint density at radius 1 is 0.714 bits per heavy atom. The van der Waals surface area contributed by atoms with Gasteiger partial charge in [-0.05, 0) is 23.6 Å². The van der Waals surface area contributed by atoms with Gasteiger partial charge in [-0.3, -0.25) is 0 Å². The lowest BCUT2D eigenvalue weighted by atomic mass is 9.92. The molecule has 3 nitrogen and oxygen atoms in total. The fourth-order valence-electron chi connectivity index (χ4n) is 3.31. The second kappa shape index (κ2) is 10.8. The zero-order valence-electron chi connectivity index (χ0n) is 16.4. The molecule has 0 aromatic heterocycles. The first kappa shape index (κ1) is 20.3. The molecule has 3 aromatic rings. The van der Waals surface area contributed by atoms with Gasteiger partial charge in [0.15, 0.2) is 0 Å². The molecule has 0 saturated heterocycles. The Bertz CT molecular complexity index is 753. The Morgan fingerprint density at radius 3 is 1.68 bits per heavy atom. The molecule has 0 aliphatic heterocycles. The van der Waals surface area contributed by atoms with Crippen molar-refractivity contribution in [3.05, 3.63) is 108 Å². The number of aliphatic hydroxyl groups is 1. The molecule has 0 radical (unpaired) electrons. The van der Waals surface area contributed by atoms with Gasteiger partial charge in [-0.1, -0.05) is 91.0 Å². The molecule has 28 heavy (non-hydrogen) atoms. The van der Waals surface area contributed by atoms with Gasteiger partial charge in [0.25, 0.3) is 0 Å². The molecule has 146 valence electrons. The molecular formula is C25H29NO2. The third-order valence-electron chi connectivity index (χ3n) is 4.96. The molecule has 0 unspecified atom stereocenters. The van der Waals surface area contributed by atoms with Crippen molar-refractivity contribution in [2.75, 3.05) is 19.8 Å². The van der Waals surface area contributed by atoms with Crippen LogP contribution in [0.25, 0.3) is 0 Å². The highest BCUT2D eigenvalue weighted by Gasteiger charge is 2.15. The molecule has 0 amide bonds. The van der Waals surface area contributed by atoms with Crippen molar-refractivity contribution in [1.82, 2.24) is 5.32 Å². The van der Waals surface area contributed by atoms with Crippen LogP contribution in [0.4, 0.5) is 0 Å². The molecular weight excluding hydrogens is 346 g/mol. The van der Waals surface area contributed by atoms with Gasteiger partial charge < -0.3 is 15.2 Å². The normalized spacial score (nSPS) is 13.4. The molecule has 0 aliphatic rings. The molecule has 2 N–H and O–H groups in total. The predicted octanol–water partition coefficient (Wildman–Crippen LogP) is 4.55. The average molecular weight is 376 g/mol. The second-order valence-corrected chi connectivity index (χ2v) is 7.11. The van der Waals surface area contributed by atoms with E-state index in [0.29, 0.717) is 19.8 Å². The monoisotopic (exact) mass is 375 g/mol. The van der Waals surface area contributed by atoms with E-state index in [0.717, 1.165) is 0 Å². The van der Waals surface area contributed by atoms with Crippen LogP contribution in [0.3, 0.4) is 0 Å². The van der Waals surface area contributed by atoms with Crippen molar-refractivity contribution in [2.24, 2.45) is 0 Å². The molecule has 3 rings (SSSR count). The van der Waals surface area contributed by atoms with Crippen LogP contribution in [0.15, 0.2) is 91.0 Å². The molecule has 0 fully saturated rings. The molecule has 3 aromatic carbocycles. The Balaban J connectivity index is 1.50. The van der Waals surface area contributed by atoms with Gasteiger partial charge in [0.1, 0.15) is 0 Å². The molecule has 0 bridgehead atoms. The Kier molecular flexibility index (Phi) is 7.80. The number of hydrogen-bond donors (Lipinski definition) is 2. The molecule has 0 heterocycles. The van der Waals surface area contributed by atoms with Crippen molar-refractivity contribution < 1.29 is 9.84 Å². The van der Waals surface area contributed by atoms with E-state index in [2.05, 4.69) is 72.9 Å². The summed E-state index contributed by atoms with van der Waals surface area (Å²) in [6.45, 7) is 3.45. The van der Waals surface area contributed by atoms with E-state index in [4.69, 9.17) is 4.74 Å². The van der Waals surface area contributed by atoms with Crippen LogP contribution in [0.1, 0.15) is 35.6 Å². The van der Waals surface area contributed by atoms with Gasteiger partial charge in [0.05, 0.1) is 19.3 Å². The van der Waals surface area contributed by atoms with Crippen molar-refractivity contribution in [3.63, 3.8) is 0 Å². The van der Waals surface area contributed by atoms with E-state index in [9.17, 15) is 5.11 Å². The van der Waals surface area contributed by atoms with Gasteiger partial charge in [0.2, 0.25) is 0 Å². The minimum absolute atomic E-state index is 0.158. The van der Waals surface area contributed by atoms with Crippen molar-refractivity contribution in [2.45, 2.75) is 25.0 Å². The van der Waals surface area contributed by atoms with Crippen LogP contribution < -0.4 is 5.32 Å². The molecule has 2 atom stereocenters. The minimum atomic E-state index is -0.543. The van der Waals surface area contributed by atoms with Crippen molar-refractivity contribution in [1.29, 1.82) is 0 Å². The summed E-state index contributed by atoms with van der Waals surface area (Å²) in [7, 11) is 0.